The van der Waals surface area contributed by atoms with Crippen LogP contribution in [0.25, 0.3) is 0 Å². The maximum absolute atomic E-state index is 12.5. The average molecular weight is 416 g/mol. The van der Waals surface area contributed by atoms with Gasteiger partial charge in [0.25, 0.3) is 15.9 Å². The molecule has 0 atom stereocenters. The van der Waals surface area contributed by atoms with Gasteiger partial charge in [-0.05, 0) is 24.3 Å². The monoisotopic (exact) mass is 415 g/mol. The highest BCUT2D eigenvalue weighted by atomic mass is 32.2. The Bertz CT molecular complexity index is 743. The molecule has 0 aliphatic carbocycles. The number of carbonyl (C=O) groups excluding carboxylic acids is 2. The van der Waals surface area contributed by atoms with Crippen molar-refractivity contribution in [2.75, 3.05) is 52.4 Å². The lowest BCUT2D eigenvalue weighted by Gasteiger charge is -2.30. The van der Waals surface area contributed by atoms with Crippen LogP contribution in [0, 0.1) is 0 Å². The molecule has 0 bridgehead atoms. The molecule has 2 aliphatic heterocycles. The first-order valence-electron chi connectivity index (χ1n) is 9.38. The van der Waals surface area contributed by atoms with Crippen LogP contribution >= 0.6 is 11.3 Å². The molecule has 0 aromatic carbocycles. The Labute approximate surface area is 164 Å². The van der Waals surface area contributed by atoms with Crippen LogP contribution in [0.5, 0.6) is 0 Å². The third-order valence-electron chi connectivity index (χ3n) is 5.03. The number of amides is 2. The van der Waals surface area contributed by atoms with Gasteiger partial charge in [-0.15, -0.1) is 11.3 Å². The lowest BCUT2D eigenvalue weighted by molar-refractivity contribution is -0.895. The number of piperazine rings is 1. The van der Waals surface area contributed by atoms with Gasteiger partial charge in [-0.1, -0.05) is 6.07 Å². The van der Waals surface area contributed by atoms with Crippen molar-refractivity contribution in [3.05, 3.63) is 17.5 Å². The minimum absolute atomic E-state index is 0.0210. The van der Waals surface area contributed by atoms with E-state index in [9.17, 15) is 18.0 Å². The second-order valence-corrected chi connectivity index (χ2v) is 10.1. The molecule has 2 aliphatic rings. The molecule has 27 heavy (non-hydrogen) atoms. The first-order valence-corrected chi connectivity index (χ1v) is 11.7. The summed E-state index contributed by atoms with van der Waals surface area (Å²) in [4.78, 5) is 26.6. The first kappa shape index (κ1) is 20.2. The summed E-state index contributed by atoms with van der Waals surface area (Å²) in [5.41, 5.74) is 0. The van der Waals surface area contributed by atoms with E-state index in [1.165, 1.54) is 15.6 Å². The van der Waals surface area contributed by atoms with E-state index in [0.29, 0.717) is 56.4 Å². The van der Waals surface area contributed by atoms with E-state index < -0.39 is 10.0 Å². The number of nitrogens with zero attached hydrogens (tertiary/aromatic N) is 2. The number of hydrogen-bond acceptors (Lipinski definition) is 5. The highest BCUT2D eigenvalue weighted by Gasteiger charge is 2.31. The van der Waals surface area contributed by atoms with E-state index in [1.54, 1.807) is 17.5 Å². The summed E-state index contributed by atoms with van der Waals surface area (Å²) in [7, 11) is -3.40. The summed E-state index contributed by atoms with van der Waals surface area (Å²) >= 11 is 1.23. The summed E-state index contributed by atoms with van der Waals surface area (Å²) in [6.07, 6.45) is 2.34. The molecule has 3 heterocycles. The second-order valence-electron chi connectivity index (χ2n) is 6.95. The Morgan fingerprint density at radius 1 is 1.26 bits per heavy atom. The van der Waals surface area contributed by atoms with Gasteiger partial charge >= 0.3 is 0 Å². The van der Waals surface area contributed by atoms with Crippen molar-refractivity contribution in [3.8, 4) is 0 Å². The maximum atomic E-state index is 12.5. The number of sulfonamides is 1. The number of rotatable bonds is 8. The summed E-state index contributed by atoms with van der Waals surface area (Å²) in [5.74, 6) is 0.188. The van der Waals surface area contributed by atoms with Crippen LogP contribution in [-0.2, 0) is 19.6 Å². The molecule has 2 amide bonds. The number of hydrogen-bond donors (Lipinski definition) is 2. The Morgan fingerprint density at radius 2 is 2.04 bits per heavy atom. The lowest BCUT2D eigenvalue weighted by atomic mass is 10.3. The van der Waals surface area contributed by atoms with Gasteiger partial charge in [0, 0.05) is 26.1 Å². The van der Waals surface area contributed by atoms with E-state index >= 15 is 0 Å². The van der Waals surface area contributed by atoms with Crippen LogP contribution < -0.4 is 10.2 Å². The molecule has 0 unspecified atom stereocenters. The molecule has 2 N–H and O–H groups in total. The van der Waals surface area contributed by atoms with Crippen molar-refractivity contribution in [2.45, 2.75) is 23.5 Å². The molecule has 2 saturated heterocycles. The van der Waals surface area contributed by atoms with Gasteiger partial charge in [-0.2, -0.15) is 4.31 Å². The van der Waals surface area contributed by atoms with E-state index in [2.05, 4.69) is 5.32 Å². The number of quaternary nitrogens is 1. The predicted molar refractivity (Wildman–Crippen MR) is 102 cm³/mol. The lowest BCUT2D eigenvalue weighted by Crippen LogP contribution is -3.15. The van der Waals surface area contributed by atoms with Crippen LogP contribution in [0.15, 0.2) is 21.7 Å². The first-order chi connectivity index (χ1) is 13.0. The minimum atomic E-state index is -3.40. The van der Waals surface area contributed by atoms with Crippen molar-refractivity contribution < 1.29 is 22.9 Å². The molecule has 150 valence electrons. The van der Waals surface area contributed by atoms with Gasteiger partial charge in [-0.3, -0.25) is 9.59 Å². The molecular formula is C17H27N4O4S2+. The van der Waals surface area contributed by atoms with E-state index in [-0.39, 0.29) is 11.8 Å². The smallest absolute Gasteiger partial charge is 0.275 e. The fourth-order valence-corrected chi connectivity index (χ4v) is 6.07. The molecule has 0 radical (unpaired) electrons. The van der Waals surface area contributed by atoms with Crippen molar-refractivity contribution in [1.82, 2.24) is 14.5 Å². The van der Waals surface area contributed by atoms with Crippen molar-refractivity contribution in [1.29, 1.82) is 0 Å². The number of thiophene rings is 1. The Morgan fingerprint density at radius 3 is 2.67 bits per heavy atom. The third-order valence-corrected chi connectivity index (χ3v) is 8.30. The fraction of sp³-hybridized carbons (Fsp3) is 0.647. The van der Waals surface area contributed by atoms with E-state index in [1.807, 2.05) is 4.90 Å². The minimum Gasteiger partial charge on any atom is -0.351 e. The predicted octanol–water partition coefficient (Wildman–Crippen LogP) is -1.23. The van der Waals surface area contributed by atoms with Crippen LogP contribution in [0.1, 0.15) is 19.3 Å². The number of carbonyl (C=O) groups is 2. The van der Waals surface area contributed by atoms with E-state index in [4.69, 9.17) is 0 Å². The molecule has 2 fully saturated rings. The number of likely N-dealkylation sites (tertiary alicyclic amines) is 1. The Balaban J connectivity index is 1.34. The molecule has 1 aromatic rings. The zero-order valence-corrected chi connectivity index (χ0v) is 17.0. The zero-order chi connectivity index (χ0) is 19.3. The average Bonchev–Trinajstić information content (AvgIpc) is 3.32. The maximum Gasteiger partial charge on any atom is 0.275 e. The van der Waals surface area contributed by atoms with Gasteiger partial charge in [0.1, 0.15) is 4.21 Å². The highest BCUT2D eigenvalue weighted by Crippen LogP contribution is 2.20. The highest BCUT2D eigenvalue weighted by molar-refractivity contribution is 7.91. The standard InChI is InChI=1S/C17H26N4O4S2/c22-15(18-6-3-8-20-7-1-4-16(20)23)14-19-9-11-21(12-10-19)27(24,25)17-5-2-13-26-17/h2,5,13H,1,3-4,6-12,14H2,(H,18,22)/p+1. The van der Waals surface area contributed by atoms with Crippen molar-refractivity contribution >= 4 is 33.2 Å². The van der Waals surface area contributed by atoms with E-state index in [0.717, 1.165) is 24.3 Å². The summed E-state index contributed by atoms with van der Waals surface area (Å²) in [6, 6.07) is 3.37. The SMILES string of the molecule is O=C(C[NH+]1CCN(S(=O)(=O)c2cccs2)CC1)NCCCN1CCCC1=O. The largest absolute Gasteiger partial charge is 0.351 e. The van der Waals surface area contributed by atoms with Crippen LogP contribution in [-0.4, -0.2) is 81.8 Å². The Hall–Kier alpha value is -1.49. The third kappa shape index (κ3) is 5.28. The fourth-order valence-electron chi connectivity index (χ4n) is 3.48. The van der Waals surface area contributed by atoms with Crippen molar-refractivity contribution in [2.24, 2.45) is 0 Å². The molecule has 1 aromatic heterocycles. The molecule has 10 heteroatoms. The van der Waals surface area contributed by atoms with Crippen LogP contribution in [0.3, 0.4) is 0 Å². The molecule has 0 saturated carbocycles. The van der Waals surface area contributed by atoms with Gasteiger partial charge < -0.3 is 15.1 Å². The summed E-state index contributed by atoms with van der Waals surface area (Å²) in [6.45, 7) is 4.56. The Kier molecular flexibility index (Phi) is 6.85. The van der Waals surface area contributed by atoms with Gasteiger partial charge in [-0.25, -0.2) is 8.42 Å². The van der Waals surface area contributed by atoms with Gasteiger partial charge in [0.05, 0.1) is 26.2 Å². The number of nitrogens with one attached hydrogen (secondary N) is 2. The van der Waals surface area contributed by atoms with Crippen LogP contribution in [0.4, 0.5) is 0 Å². The summed E-state index contributed by atoms with van der Waals surface area (Å²) in [5, 5.41) is 4.67. The quantitative estimate of drug-likeness (QED) is 0.520. The second kappa shape index (κ2) is 9.13. The summed E-state index contributed by atoms with van der Waals surface area (Å²) < 4.78 is 26.9. The molecule has 3 rings (SSSR count). The topological polar surface area (TPSA) is 91.2 Å². The zero-order valence-electron chi connectivity index (χ0n) is 15.4. The molecule has 8 nitrogen and oxygen atoms in total. The van der Waals surface area contributed by atoms with Crippen LogP contribution in [0.2, 0.25) is 0 Å². The molecular weight excluding hydrogens is 388 g/mol. The van der Waals surface area contributed by atoms with Gasteiger partial charge in [0.2, 0.25) is 5.91 Å². The normalized spacial score (nSPS) is 19.6. The van der Waals surface area contributed by atoms with Crippen molar-refractivity contribution in [3.63, 3.8) is 0 Å². The van der Waals surface area contributed by atoms with Gasteiger partial charge in [0.15, 0.2) is 6.54 Å². The molecule has 0 spiro atoms.